The molecule has 1 aliphatic heterocycles. The van der Waals surface area contributed by atoms with Crippen molar-refractivity contribution in [2.45, 2.75) is 37.2 Å². The largest absolute Gasteiger partial charge is 0.485 e. The molecule has 4 nitrogen and oxygen atoms in total. The highest BCUT2D eigenvalue weighted by Crippen LogP contribution is 2.45. The maximum atomic E-state index is 11.8. The SMILES string of the molecule is O=C(O)C1(c2ccccc2OC2COC2)CCCC1. The highest BCUT2D eigenvalue weighted by atomic mass is 16.6. The molecule has 3 rings (SSSR count). The van der Waals surface area contributed by atoms with Gasteiger partial charge in [-0.15, -0.1) is 0 Å². The molecule has 0 amide bonds. The van der Waals surface area contributed by atoms with Crippen molar-refractivity contribution in [3.8, 4) is 5.75 Å². The minimum atomic E-state index is -0.763. The van der Waals surface area contributed by atoms with Gasteiger partial charge in [0.15, 0.2) is 0 Å². The average Bonchev–Trinajstić information content (AvgIpc) is 2.85. The molecule has 1 saturated heterocycles. The van der Waals surface area contributed by atoms with Crippen LogP contribution in [0.5, 0.6) is 5.75 Å². The first-order valence-electron chi connectivity index (χ1n) is 6.80. The predicted molar refractivity (Wildman–Crippen MR) is 69.5 cm³/mol. The maximum Gasteiger partial charge on any atom is 0.314 e. The third kappa shape index (κ3) is 2.10. The molecule has 0 unspecified atom stereocenters. The first kappa shape index (κ1) is 12.5. The van der Waals surface area contributed by atoms with Crippen molar-refractivity contribution >= 4 is 5.97 Å². The molecule has 0 spiro atoms. The normalized spacial score (nSPS) is 21.9. The molecule has 0 radical (unpaired) electrons. The van der Waals surface area contributed by atoms with Crippen molar-refractivity contribution in [1.82, 2.24) is 0 Å². The number of benzene rings is 1. The lowest BCUT2D eigenvalue weighted by molar-refractivity contribution is -0.143. The van der Waals surface area contributed by atoms with Crippen LogP contribution in [-0.2, 0) is 14.9 Å². The third-order valence-electron chi connectivity index (χ3n) is 4.17. The van der Waals surface area contributed by atoms with Crippen LogP contribution < -0.4 is 4.74 Å². The number of carbonyl (C=O) groups is 1. The fraction of sp³-hybridized carbons (Fsp3) is 0.533. The highest BCUT2D eigenvalue weighted by molar-refractivity contribution is 5.83. The lowest BCUT2D eigenvalue weighted by atomic mass is 9.78. The second kappa shape index (κ2) is 4.85. The molecule has 4 heteroatoms. The van der Waals surface area contributed by atoms with Crippen LogP contribution in [0.1, 0.15) is 31.2 Å². The summed E-state index contributed by atoms with van der Waals surface area (Å²) in [6.45, 7) is 1.18. The van der Waals surface area contributed by atoms with E-state index in [1.807, 2.05) is 24.3 Å². The summed E-state index contributed by atoms with van der Waals surface area (Å²) in [6, 6.07) is 7.55. The van der Waals surface area contributed by atoms with Crippen molar-refractivity contribution in [1.29, 1.82) is 0 Å². The van der Waals surface area contributed by atoms with Gasteiger partial charge >= 0.3 is 5.97 Å². The number of carboxylic acids is 1. The number of rotatable bonds is 4. The fourth-order valence-corrected chi connectivity index (χ4v) is 3.00. The van der Waals surface area contributed by atoms with E-state index in [2.05, 4.69) is 0 Å². The van der Waals surface area contributed by atoms with Gasteiger partial charge in [0, 0.05) is 5.56 Å². The molecule has 0 aromatic heterocycles. The van der Waals surface area contributed by atoms with E-state index in [1.54, 1.807) is 0 Å². The molecule has 0 atom stereocenters. The number of ether oxygens (including phenoxy) is 2. The molecule has 2 aliphatic rings. The van der Waals surface area contributed by atoms with E-state index in [4.69, 9.17) is 9.47 Å². The van der Waals surface area contributed by atoms with E-state index in [0.29, 0.717) is 31.8 Å². The zero-order valence-corrected chi connectivity index (χ0v) is 10.8. The summed E-state index contributed by atoms with van der Waals surface area (Å²) in [7, 11) is 0. The average molecular weight is 262 g/mol. The summed E-state index contributed by atoms with van der Waals surface area (Å²) < 4.78 is 11.0. The summed E-state index contributed by atoms with van der Waals surface area (Å²) in [5, 5.41) is 9.67. The number of para-hydroxylation sites is 1. The van der Waals surface area contributed by atoms with Crippen molar-refractivity contribution in [3.05, 3.63) is 29.8 Å². The molecular formula is C15H18O4. The Bertz CT molecular complexity index is 473. The first-order chi connectivity index (χ1) is 9.22. The van der Waals surface area contributed by atoms with Crippen LogP contribution in [-0.4, -0.2) is 30.4 Å². The zero-order valence-electron chi connectivity index (χ0n) is 10.8. The third-order valence-corrected chi connectivity index (χ3v) is 4.17. The van der Waals surface area contributed by atoms with Gasteiger partial charge in [-0.25, -0.2) is 0 Å². The second-order valence-corrected chi connectivity index (χ2v) is 5.37. The van der Waals surface area contributed by atoms with Crippen LogP contribution >= 0.6 is 0 Å². The van der Waals surface area contributed by atoms with Gasteiger partial charge in [0.25, 0.3) is 0 Å². The second-order valence-electron chi connectivity index (χ2n) is 5.37. The van der Waals surface area contributed by atoms with Gasteiger partial charge in [-0.05, 0) is 18.9 Å². The molecule has 1 aromatic rings. The number of hydrogen-bond donors (Lipinski definition) is 1. The monoisotopic (exact) mass is 262 g/mol. The molecule has 1 aliphatic carbocycles. The van der Waals surface area contributed by atoms with E-state index < -0.39 is 11.4 Å². The van der Waals surface area contributed by atoms with Crippen molar-refractivity contribution in [2.24, 2.45) is 0 Å². The van der Waals surface area contributed by atoms with E-state index in [1.165, 1.54) is 0 Å². The maximum absolute atomic E-state index is 11.8. The zero-order chi connectivity index (χ0) is 13.3. The summed E-state index contributed by atoms with van der Waals surface area (Å²) in [5.41, 5.74) is 0.0631. The molecule has 1 saturated carbocycles. The van der Waals surface area contributed by atoms with Gasteiger partial charge in [-0.3, -0.25) is 4.79 Å². The first-order valence-corrected chi connectivity index (χ1v) is 6.80. The Kier molecular flexibility index (Phi) is 3.19. The Morgan fingerprint density at radius 1 is 1.26 bits per heavy atom. The van der Waals surface area contributed by atoms with Gasteiger partial charge < -0.3 is 14.6 Å². The Labute approximate surface area is 112 Å². The lowest BCUT2D eigenvalue weighted by Crippen LogP contribution is -2.40. The molecule has 1 heterocycles. The van der Waals surface area contributed by atoms with E-state index in [0.717, 1.165) is 18.4 Å². The van der Waals surface area contributed by atoms with E-state index in [9.17, 15) is 9.90 Å². The van der Waals surface area contributed by atoms with Crippen molar-refractivity contribution in [2.75, 3.05) is 13.2 Å². The lowest BCUT2D eigenvalue weighted by Gasteiger charge is -2.31. The standard InChI is InChI=1S/C15H18O4/c16-14(17)15(7-3-4-8-15)12-5-1-2-6-13(12)19-11-9-18-10-11/h1-2,5-6,11H,3-4,7-10H2,(H,16,17). The molecule has 1 N–H and O–H groups in total. The van der Waals surface area contributed by atoms with E-state index in [-0.39, 0.29) is 6.10 Å². The van der Waals surface area contributed by atoms with E-state index >= 15 is 0 Å². The van der Waals surface area contributed by atoms with Gasteiger partial charge in [0.2, 0.25) is 0 Å². The summed E-state index contributed by atoms with van der Waals surface area (Å²) >= 11 is 0. The molecule has 102 valence electrons. The fourth-order valence-electron chi connectivity index (χ4n) is 3.00. The number of aliphatic carboxylic acids is 1. The minimum absolute atomic E-state index is 0.0633. The topological polar surface area (TPSA) is 55.8 Å². The quantitative estimate of drug-likeness (QED) is 0.905. The van der Waals surface area contributed by atoms with Crippen molar-refractivity contribution < 1.29 is 19.4 Å². The van der Waals surface area contributed by atoms with Crippen molar-refractivity contribution in [3.63, 3.8) is 0 Å². The Hall–Kier alpha value is -1.55. The van der Waals surface area contributed by atoms with Crippen LogP contribution in [0, 0.1) is 0 Å². The van der Waals surface area contributed by atoms with Gasteiger partial charge in [0.1, 0.15) is 11.9 Å². The number of carboxylic acid groups (broad SMARTS) is 1. The summed E-state index contributed by atoms with van der Waals surface area (Å²) in [5.74, 6) is -0.0222. The molecule has 19 heavy (non-hydrogen) atoms. The van der Waals surface area contributed by atoms with Crippen LogP contribution in [0.3, 0.4) is 0 Å². The smallest absolute Gasteiger partial charge is 0.314 e. The Balaban J connectivity index is 1.95. The Morgan fingerprint density at radius 2 is 1.95 bits per heavy atom. The van der Waals surface area contributed by atoms with Gasteiger partial charge in [-0.2, -0.15) is 0 Å². The minimum Gasteiger partial charge on any atom is -0.485 e. The highest BCUT2D eigenvalue weighted by Gasteiger charge is 2.45. The summed E-state index contributed by atoms with van der Waals surface area (Å²) in [6.07, 6.45) is 3.39. The molecule has 2 fully saturated rings. The Morgan fingerprint density at radius 3 is 2.53 bits per heavy atom. The molecular weight excluding hydrogens is 244 g/mol. The van der Waals surface area contributed by atoms with Gasteiger partial charge in [-0.1, -0.05) is 31.0 Å². The van der Waals surface area contributed by atoms with Crippen LogP contribution in [0.15, 0.2) is 24.3 Å². The number of hydrogen-bond acceptors (Lipinski definition) is 3. The van der Waals surface area contributed by atoms with Gasteiger partial charge in [0.05, 0.1) is 18.6 Å². The predicted octanol–water partition coefficient (Wildman–Crippen LogP) is 2.36. The van der Waals surface area contributed by atoms with Crippen LogP contribution in [0.2, 0.25) is 0 Å². The molecule has 0 bridgehead atoms. The van der Waals surface area contributed by atoms with Crippen LogP contribution in [0.4, 0.5) is 0 Å². The molecule has 1 aromatic carbocycles. The summed E-state index contributed by atoms with van der Waals surface area (Å²) in [4.78, 5) is 11.8. The van der Waals surface area contributed by atoms with Crippen LogP contribution in [0.25, 0.3) is 0 Å².